The Morgan fingerprint density at radius 1 is 1.32 bits per heavy atom. The summed E-state index contributed by atoms with van der Waals surface area (Å²) in [5.74, 6) is 0.620. The fourth-order valence-corrected chi connectivity index (χ4v) is 3.09. The molecule has 2 N–H and O–H groups in total. The Bertz CT molecular complexity index is 856. The molecule has 0 aliphatic carbocycles. The van der Waals surface area contributed by atoms with E-state index >= 15 is 0 Å². The zero-order valence-electron chi connectivity index (χ0n) is 13.8. The fraction of sp³-hybridized carbons (Fsp3) is 0.222. The number of hydrogen-bond donors (Lipinski definition) is 2. The highest BCUT2D eigenvalue weighted by Gasteiger charge is 2.34. The molecule has 0 unspecified atom stereocenters. The van der Waals surface area contributed by atoms with Crippen LogP contribution >= 0.6 is 15.9 Å². The predicted octanol–water partition coefficient (Wildman–Crippen LogP) is 3.90. The van der Waals surface area contributed by atoms with Gasteiger partial charge in [0.15, 0.2) is 0 Å². The Labute approximate surface area is 153 Å². The van der Waals surface area contributed by atoms with E-state index in [1.165, 1.54) is 0 Å². The van der Waals surface area contributed by atoms with Crippen molar-refractivity contribution in [2.24, 2.45) is 0 Å². The van der Waals surface area contributed by atoms with Crippen molar-refractivity contribution in [2.75, 3.05) is 6.61 Å². The lowest BCUT2D eigenvalue weighted by molar-refractivity contribution is -0.139. The molecule has 0 fully saturated rings. The van der Waals surface area contributed by atoms with Gasteiger partial charge in [0.2, 0.25) is 0 Å². The summed E-state index contributed by atoms with van der Waals surface area (Å²) in [4.78, 5) is 24.1. The molecule has 2 amide bonds. The van der Waals surface area contributed by atoms with Crippen LogP contribution in [0, 0.1) is 0 Å². The molecule has 130 valence electrons. The van der Waals surface area contributed by atoms with E-state index in [4.69, 9.17) is 9.15 Å². The molecule has 1 aromatic heterocycles. The van der Waals surface area contributed by atoms with Gasteiger partial charge in [-0.15, -0.1) is 0 Å². The summed E-state index contributed by atoms with van der Waals surface area (Å²) >= 11 is 3.43. The van der Waals surface area contributed by atoms with Crippen LogP contribution in [0.3, 0.4) is 0 Å². The number of ether oxygens (including phenoxy) is 1. The monoisotopic (exact) mass is 404 g/mol. The number of halogens is 1. The molecule has 0 spiro atoms. The number of urea groups is 1. The maximum Gasteiger partial charge on any atom is 0.338 e. The highest BCUT2D eigenvalue weighted by molar-refractivity contribution is 9.10. The molecule has 3 rings (SSSR count). The smallest absolute Gasteiger partial charge is 0.338 e. The Morgan fingerprint density at radius 3 is 2.84 bits per heavy atom. The van der Waals surface area contributed by atoms with Gasteiger partial charge < -0.3 is 19.8 Å². The van der Waals surface area contributed by atoms with E-state index in [9.17, 15) is 9.59 Å². The molecule has 1 aliphatic rings. The van der Waals surface area contributed by atoms with Crippen molar-refractivity contribution in [3.05, 3.63) is 57.9 Å². The van der Waals surface area contributed by atoms with Gasteiger partial charge in [-0.25, -0.2) is 9.59 Å². The highest BCUT2D eigenvalue weighted by Crippen LogP contribution is 2.32. The van der Waals surface area contributed by atoms with Crippen LogP contribution in [0.25, 0.3) is 11.3 Å². The Hall–Kier alpha value is -2.54. The number of hydrogen-bond acceptors (Lipinski definition) is 4. The fourth-order valence-electron chi connectivity index (χ4n) is 2.69. The van der Waals surface area contributed by atoms with Gasteiger partial charge in [0.1, 0.15) is 17.6 Å². The first-order valence-electron chi connectivity index (χ1n) is 7.80. The first kappa shape index (κ1) is 17.3. The molecular weight excluding hydrogens is 388 g/mol. The van der Waals surface area contributed by atoms with Crippen LogP contribution in [0.4, 0.5) is 4.79 Å². The molecule has 0 bridgehead atoms. The summed E-state index contributed by atoms with van der Waals surface area (Å²) in [7, 11) is 0. The molecule has 0 radical (unpaired) electrons. The predicted molar refractivity (Wildman–Crippen MR) is 95.6 cm³/mol. The molecule has 0 saturated heterocycles. The highest BCUT2D eigenvalue weighted by atomic mass is 79.9. The number of furan rings is 1. The van der Waals surface area contributed by atoms with Crippen molar-refractivity contribution in [1.82, 2.24) is 10.6 Å². The average Bonchev–Trinajstić information content (AvgIpc) is 3.04. The molecule has 1 aromatic carbocycles. The van der Waals surface area contributed by atoms with Crippen molar-refractivity contribution in [3.63, 3.8) is 0 Å². The molecular formula is C18H17BrN2O4. The number of carbonyl (C=O) groups is 2. The van der Waals surface area contributed by atoms with Gasteiger partial charge in [-0.2, -0.15) is 0 Å². The number of rotatable bonds is 4. The number of nitrogens with one attached hydrogen (secondary N) is 2. The van der Waals surface area contributed by atoms with E-state index in [1.807, 2.05) is 30.3 Å². The van der Waals surface area contributed by atoms with Crippen LogP contribution in [0.2, 0.25) is 0 Å². The minimum atomic E-state index is -0.700. The molecule has 7 heteroatoms. The van der Waals surface area contributed by atoms with Gasteiger partial charge in [0.05, 0.1) is 12.2 Å². The van der Waals surface area contributed by atoms with E-state index in [-0.39, 0.29) is 6.61 Å². The zero-order valence-corrected chi connectivity index (χ0v) is 15.3. The number of amides is 2. The van der Waals surface area contributed by atoms with E-state index in [2.05, 4.69) is 26.6 Å². The summed E-state index contributed by atoms with van der Waals surface area (Å²) in [6.45, 7) is 3.64. The van der Waals surface area contributed by atoms with Crippen LogP contribution < -0.4 is 10.6 Å². The van der Waals surface area contributed by atoms with Crippen molar-refractivity contribution in [2.45, 2.75) is 19.9 Å². The molecule has 1 atom stereocenters. The lowest BCUT2D eigenvalue weighted by Gasteiger charge is -2.26. The van der Waals surface area contributed by atoms with Gasteiger partial charge in [0.25, 0.3) is 0 Å². The molecule has 2 heterocycles. The zero-order chi connectivity index (χ0) is 18.0. The molecule has 6 nitrogen and oxygen atoms in total. The summed E-state index contributed by atoms with van der Waals surface area (Å²) in [6, 6.07) is 10.1. The van der Waals surface area contributed by atoms with Gasteiger partial charge in [-0.1, -0.05) is 28.1 Å². The van der Waals surface area contributed by atoms with Crippen molar-refractivity contribution in [1.29, 1.82) is 0 Å². The van der Waals surface area contributed by atoms with Gasteiger partial charge in [-0.05, 0) is 38.1 Å². The van der Waals surface area contributed by atoms with E-state index in [0.717, 1.165) is 10.0 Å². The van der Waals surface area contributed by atoms with Crippen LogP contribution in [-0.4, -0.2) is 18.6 Å². The standard InChI is InChI=1S/C18H17BrN2O4/c1-3-24-17(22)15-10(2)20-18(23)21-16(15)14-8-7-13(25-14)11-5-4-6-12(19)9-11/h4-9,16H,3H2,1-2H3,(H2,20,21,23)/t16-/m1/s1. The minimum absolute atomic E-state index is 0.248. The van der Waals surface area contributed by atoms with E-state index in [0.29, 0.717) is 22.8 Å². The molecule has 2 aromatic rings. The quantitative estimate of drug-likeness (QED) is 0.757. The largest absolute Gasteiger partial charge is 0.463 e. The number of benzene rings is 1. The topological polar surface area (TPSA) is 80.6 Å². The Balaban J connectivity index is 1.98. The number of esters is 1. The minimum Gasteiger partial charge on any atom is -0.463 e. The van der Waals surface area contributed by atoms with Gasteiger partial charge in [-0.3, -0.25) is 0 Å². The molecule has 0 saturated carbocycles. The lowest BCUT2D eigenvalue weighted by atomic mass is 10.0. The SMILES string of the molecule is CCOC(=O)C1=C(C)NC(=O)N[C@@H]1c1ccc(-c2cccc(Br)c2)o1. The third-order valence-corrected chi connectivity index (χ3v) is 4.28. The number of carbonyl (C=O) groups excluding carboxylic acids is 2. The Kier molecular flexibility index (Phi) is 4.94. The first-order valence-corrected chi connectivity index (χ1v) is 8.60. The second-order valence-electron chi connectivity index (χ2n) is 5.50. The van der Waals surface area contributed by atoms with Crippen LogP contribution in [0.1, 0.15) is 25.6 Å². The Morgan fingerprint density at radius 2 is 2.12 bits per heavy atom. The van der Waals surface area contributed by atoms with Gasteiger partial charge >= 0.3 is 12.0 Å². The van der Waals surface area contributed by atoms with Crippen LogP contribution in [-0.2, 0) is 9.53 Å². The molecule has 25 heavy (non-hydrogen) atoms. The third kappa shape index (κ3) is 3.61. The van der Waals surface area contributed by atoms with Crippen LogP contribution in [0.15, 0.2) is 56.6 Å². The lowest BCUT2D eigenvalue weighted by Crippen LogP contribution is -2.45. The van der Waals surface area contributed by atoms with E-state index in [1.54, 1.807) is 19.9 Å². The second kappa shape index (κ2) is 7.14. The third-order valence-electron chi connectivity index (χ3n) is 3.78. The summed E-state index contributed by atoms with van der Waals surface area (Å²) in [6.07, 6.45) is 0. The average molecular weight is 405 g/mol. The normalized spacial score (nSPS) is 17.1. The first-order chi connectivity index (χ1) is 12.0. The van der Waals surface area contributed by atoms with Gasteiger partial charge in [0, 0.05) is 15.7 Å². The maximum atomic E-state index is 12.3. The second-order valence-corrected chi connectivity index (χ2v) is 6.42. The van der Waals surface area contributed by atoms with Crippen LogP contribution in [0.5, 0.6) is 0 Å². The molecule has 1 aliphatic heterocycles. The maximum absolute atomic E-state index is 12.3. The van der Waals surface area contributed by atoms with Crippen molar-refractivity contribution >= 4 is 27.9 Å². The van der Waals surface area contributed by atoms with Crippen molar-refractivity contribution < 1.29 is 18.7 Å². The summed E-state index contributed by atoms with van der Waals surface area (Å²) in [5.41, 5.74) is 1.67. The number of allylic oxidation sites excluding steroid dienone is 1. The van der Waals surface area contributed by atoms with Crippen molar-refractivity contribution in [3.8, 4) is 11.3 Å². The van der Waals surface area contributed by atoms with E-state index < -0.39 is 18.0 Å². The summed E-state index contributed by atoms with van der Waals surface area (Å²) < 4.78 is 12.0. The summed E-state index contributed by atoms with van der Waals surface area (Å²) in [5, 5.41) is 5.31.